The van der Waals surface area contributed by atoms with Crippen molar-refractivity contribution in [2.45, 2.75) is 31.4 Å². The Kier molecular flexibility index (Phi) is 13.1. The van der Waals surface area contributed by atoms with E-state index in [-0.39, 0.29) is 17.3 Å². The number of thiol groups is 1. The Balaban J connectivity index is 3.20. The van der Waals surface area contributed by atoms with Gasteiger partial charge in [-0.2, -0.15) is 12.6 Å². The molecule has 0 saturated heterocycles. The van der Waals surface area contributed by atoms with Gasteiger partial charge in [0.2, 0.25) is 5.91 Å². The van der Waals surface area contributed by atoms with Crippen molar-refractivity contribution >= 4 is 18.5 Å². The van der Waals surface area contributed by atoms with Crippen LogP contribution in [0.1, 0.15) is 26.7 Å². The highest BCUT2D eigenvalue weighted by atomic mass is 32.1. The van der Waals surface area contributed by atoms with Crippen LogP contribution < -0.4 is 5.32 Å². The monoisotopic (exact) mass is 323 g/mol. The summed E-state index contributed by atoms with van der Waals surface area (Å²) in [4.78, 5) is 11.5. The first-order chi connectivity index (χ1) is 9.95. The fourth-order valence-electron chi connectivity index (χ4n) is 1.38. The van der Waals surface area contributed by atoms with Gasteiger partial charge in [-0.3, -0.25) is 4.79 Å². The summed E-state index contributed by atoms with van der Waals surface area (Å²) in [6, 6.07) is 0. The predicted octanol–water partition coefficient (Wildman–Crippen LogP) is 0.633. The molecule has 0 aliphatic heterocycles. The Morgan fingerprint density at radius 3 is 2.10 bits per heavy atom. The van der Waals surface area contributed by atoms with E-state index >= 15 is 0 Å². The van der Waals surface area contributed by atoms with Crippen molar-refractivity contribution < 1.29 is 24.1 Å². The molecule has 0 rings (SSSR count). The van der Waals surface area contributed by atoms with Crippen LogP contribution in [0.25, 0.3) is 0 Å². The maximum absolute atomic E-state index is 11.5. The van der Waals surface area contributed by atoms with Gasteiger partial charge in [0.05, 0.1) is 46.2 Å². The number of rotatable bonds is 14. The smallest absolute Gasteiger partial charge is 0.220 e. The quantitative estimate of drug-likeness (QED) is 0.323. The first kappa shape index (κ1) is 20.7. The molecule has 0 aliphatic rings. The summed E-state index contributed by atoms with van der Waals surface area (Å²) in [5.41, 5.74) is 0. The van der Waals surface area contributed by atoms with Gasteiger partial charge >= 0.3 is 0 Å². The molecule has 2 N–H and O–H groups in total. The molecule has 0 aromatic carbocycles. The van der Waals surface area contributed by atoms with Crippen LogP contribution in [0.3, 0.4) is 0 Å². The summed E-state index contributed by atoms with van der Waals surface area (Å²) in [5, 5.41) is 11.3. The Labute approximate surface area is 132 Å². The Morgan fingerprint density at radius 2 is 1.57 bits per heavy atom. The number of carbonyl (C=O) groups excluding carboxylic acids is 1. The van der Waals surface area contributed by atoms with Crippen LogP contribution in [-0.2, 0) is 19.0 Å². The van der Waals surface area contributed by atoms with Crippen LogP contribution in [0.4, 0.5) is 0 Å². The van der Waals surface area contributed by atoms with E-state index in [0.717, 1.165) is 6.42 Å². The lowest BCUT2D eigenvalue weighted by Crippen LogP contribution is -2.28. The van der Waals surface area contributed by atoms with Crippen LogP contribution in [0.5, 0.6) is 0 Å². The molecule has 0 atom stereocenters. The highest BCUT2D eigenvalue weighted by Gasteiger charge is 2.13. The average Bonchev–Trinajstić information content (AvgIpc) is 2.42. The van der Waals surface area contributed by atoms with Gasteiger partial charge in [-0.15, -0.1) is 0 Å². The van der Waals surface area contributed by atoms with Crippen LogP contribution in [-0.4, -0.2) is 68.6 Å². The third-order valence-electron chi connectivity index (χ3n) is 2.51. The van der Waals surface area contributed by atoms with Gasteiger partial charge in [0.15, 0.2) is 0 Å². The third kappa shape index (κ3) is 17.6. The normalized spacial score (nSPS) is 11.6. The average molecular weight is 323 g/mol. The first-order valence-corrected chi connectivity index (χ1v) is 7.73. The second kappa shape index (κ2) is 13.3. The van der Waals surface area contributed by atoms with Crippen LogP contribution in [0.15, 0.2) is 0 Å². The number of ether oxygens (including phenoxy) is 3. The topological polar surface area (TPSA) is 77.0 Å². The second-order valence-corrected chi connectivity index (χ2v) is 6.43. The van der Waals surface area contributed by atoms with Crippen molar-refractivity contribution in [3.8, 4) is 0 Å². The van der Waals surface area contributed by atoms with Crippen LogP contribution in [0, 0.1) is 0 Å². The van der Waals surface area contributed by atoms with Crippen LogP contribution in [0.2, 0.25) is 0 Å². The molecule has 1 amide bonds. The number of carbonyl (C=O) groups is 1. The van der Waals surface area contributed by atoms with Gasteiger partial charge in [-0.25, -0.2) is 0 Å². The number of hydrogen-bond acceptors (Lipinski definition) is 6. The molecule has 6 nitrogen and oxygen atoms in total. The minimum atomic E-state index is -0.119. The zero-order chi connectivity index (χ0) is 16.0. The van der Waals surface area contributed by atoms with E-state index < -0.39 is 0 Å². The molecule has 7 heteroatoms. The fraction of sp³-hybridized carbons (Fsp3) is 0.929. The van der Waals surface area contributed by atoms with Crippen molar-refractivity contribution in [1.82, 2.24) is 5.32 Å². The molecule has 0 saturated carbocycles. The molecule has 0 spiro atoms. The van der Waals surface area contributed by atoms with Crippen molar-refractivity contribution in [1.29, 1.82) is 0 Å². The van der Waals surface area contributed by atoms with E-state index in [1.165, 1.54) is 0 Å². The third-order valence-corrected chi connectivity index (χ3v) is 2.74. The number of aliphatic hydroxyl groups is 1. The zero-order valence-electron chi connectivity index (χ0n) is 13.1. The fourth-order valence-corrected chi connectivity index (χ4v) is 1.49. The van der Waals surface area contributed by atoms with Crippen molar-refractivity contribution in [3.05, 3.63) is 0 Å². The Hall–Kier alpha value is -0.340. The summed E-state index contributed by atoms with van der Waals surface area (Å²) >= 11 is 4.37. The predicted molar refractivity (Wildman–Crippen MR) is 84.9 cm³/mol. The molecule has 0 unspecified atom stereocenters. The largest absolute Gasteiger partial charge is 0.394 e. The highest BCUT2D eigenvalue weighted by molar-refractivity contribution is 7.81. The molecule has 0 heterocycles. The Bertz CT molecular complexity index is 258. The second-order valence-electron chi connectivity index (χ2n) is 5.22. The van der Waals surface area contributed by atoms with E-state index in [2.05, 4.69) is 17.9 Å². The van der Waals surface area contributed by atoms with Gasteiger partial charge in [0.25, 0.3) is 0 Å². The number of aliphatic hydroxyl groups excluding tert-OH is 1. The number of amides is 1. The van der Waals surface area contributed by atoms with E-state index in [9.17, 15) is 4.79 Å². The van der Waals surface area contributed by atoms with Gasteiger partial charge in [0, 0.05) is 17.7 Å². The lowest BCUT2D eigenvalue weighted by atomic mass is 10.1. The minimum Gasteiger partial charge on any atom is -0.394 e. The maximum atomic E-state index is 11.5. The van der Waals surface area contributed by atoms with Gasteiger partial charge in [-0.05, 0) is 6.42 Å². The molecule has 0 fully saturated rings. The molecule has 0 aliphatic carbocycles. The van der Waals surface area contributed by atoms with Gasteiger partial charge in [-0.1, -0.05) is 13.8 Å². The van der Waals surface area contributed by atoms with Crippen molar-refractivity contribution in [2.75, 3.05) is 52.8 Å². The van der Waals surface area contributed by atoms with E-state index in [1.54, 1.807) is 0 Å². The van der Waals surface area contributed by atoms with Crippen molar-refractivity contribution in [2.24, 2.45) is 0 Å². The summed E-state index contributed by atoms with van der Waals surface area (Å²) in [6.07, 6.45) is 1.22. The van der Waals surface area contributed by atoms with Crippen LogP contribution >= 0.6 is 12.6 Å². The number of nitrogens with one attached hydrogen (secondary N) is 1. The lowest BCUT2D eigenvalue weighted by molar-refractivity contribution is -0.121. The molecule has 21 heavy (non-hydrogen) atoms. The zero-order valence-corrected chi connectivity index (χ0v) is 14.0. The molecule has 0 bridgehead atoms. The van der Waals surface area contributed by atoms with E-state index in [1.807, 2.05) is 13.8 Å². The molecular weight excluding hydrogens is 294 g/mol. The standard InChI is InChI=1S/C14H29NO5S/c1-14(2,21)4-3-13(17)15-5-7-18-9-11-20-12-10-19-8-6-16/h16,21H,3-12H2,1-2H3,(H,15,17). The van der Waals surface area contributed by atoms with E-state index in [0.29, 0.717) is 52.6 Å². The SMILES string of the molecule is CC(C)(S)CCC(=O)NCCOCCOCCOCCO. The highest BCUT2D eigenvalue weighted by Crippen LogP contribution is 2.18. The lowest BCUT2D eigenvalue weighted by Gasteiger charge is -2.16. The maximum Gasteiger partial charge on any atom is 0.220 e. The summed E-state index contributed by atoms with van der Waals surface area (Å²) in [5.74, 6) is 0.0259. The number of hydrogen-bond donors (Lipinski definition) is 3. The van der Waals surface area contributed by atoms with Gasteiger partial charge in [0.1, 0.15) is 0 Å². The van der Waals surface area contributed by atoms with Crippen molar-refractivity contribution in [3.63, 3.8) is 0 Å². The van der Waals surface area contributed by atoms with E-state index in [4.69, 9.17) is 19.3 Å². The van der Waals surface area contributed by atoms with Gasteiger partial charge < -0.3 is 24.6 Å². The molecular formula is C14H29NO5S. The molecule has 126 valence electrons. The Morgan fingerprint density at radius 1 is 1.05 bits per heavy atom. The molecule has 0 aromatic heterocycles. The first-order valence-electron chi connectivity index (χ1n) is 7.29. The molecule has 0 radical (unpaired) electrons. The summed E-state index contributed by atoms with van der Waals surface area (Å²) < 4.78 is 15.5. The minimum absolute atomic E-state index is 0.0259. The summed E-state index contributed by atoms with van der Waals surface area (Å²) in [6.45, 7) is 7.25. The summed E-state index contributed by atoms with van der Waals surface area (Å²) in [7, 11) is 0. The molecule has 0 aromatic rings.